The maximum atomic E-state index is 12.9. The second-order valence-electron chi connectivity index (χ2n) is 10.8. The molecule has 0 amide bonds. The van der Waals surface area contributed by atoms with Gasteiger partial charge in [0.05, 0.1) is 19.6 Å². The van der Waals surface area contributed by atoms with E-state index in [1.807, 2.05) is 33.8 Å². The van der Waals surface area contributed by atoms with E-state index < -0.39 is 11.4 Å². The smallest absolute Gasteiger partial charge is 0.349 e. The molecule has 0 aliphatic heterocycles. The first-order valence-corrected chi connectivity index (χ1v) is 11.5. The zero-order valence-corrected chi connectivity index (χ0v) is 22.5. The van der Waals surface area contributed by atoms with Crippen LogP contribution < -0.4 is 9.47 Å². The molecule has 0 fully saturated rings. The molecule has 7 nitrogen and oxygen atoms in total. The zero-order valence-electron chi connectivity index (χ0n) is 22.5. The highest BCUT2D eigenvalue weighted by Gasteiger charge is 2.47. The third kappa shape index (κ3) is 8.79. The maximum Gasteiger partial charge on any atom is 0.349 e. The van der Waals surface area contributed by atoms with Crippen LogP contribution >= 0.6 is 0 Å². The average molecular weight is 486 g/mol. The SMILES string of the molecule is COc1ccc(OC)c(C=CC=C(C#N)C(=O)OCCOC(=O)C(C)(CC(C)(C)C)C(C)(C)C)c1. The summed E-state index contributed by atoms with van der Waals surface area (Å²) in [5, 5.41) is 9.34. The van der Waals surface area contributed by atoms with E-state index in [0.717, 1.165) is 5.56 Å². The summed E-state index contributed by atoms with van der Waals surface area (Å²) in [7, 11) is 3.11. The maximum absolute atomic E-state index is 12.9. The number of hydrogen-bond acceptors (Lipinski definition) is 7. The van der Waals surface area contributed by atoms with Crippen LogP contribution in [0, 0.1) is 27.6 Å². The van der Waals surface area contributed by atoms with Gasteiger partial charge < -0.3 is 18.9 Å². The molecule has 1 atom stereocenters. The summed E-state index contributed by atoms with van der Waals surface area (Å²) >= 11 is 0. The molecule has 0 heterocycles. The lowest BCUT2D eigenvalue weighted by atomic mass is 9.61. The Kier molecular flexibility index (Phi) is 10.6. The molecule has 0 N–H and O–H groups in total. The molecule has 7 heteroatoms. The molecule has 0 aliphatic carbocycles. The lowest BCUT2D eigenvalue weighted by Crippen LogP contribution is -2.44. The predicted molar refractivity (Wildman–Crippen MR) is 136 cm³/mol. The van der Waals surface area contributed by atoms with Gasteiger partial charge in [0.2, 0.25) is 0 Å². The summed E-state index contributed by atoms with van der Waals surface area (Å²) in [6.45, 7) is 14.0. The first-order chi connectivity index (χ1) is 16.2. The number of nitrogens with zero attached hydrogens (tertiary/aromatic N) is 1. The van der Waals surface area contributed by atoms with Gasteiger partial charge in [-0.15, -0.1) is 0 Å². The fraction of sp³-hybridized carbons (Fsp3) is 0.536. The Balaban J connectivity index is 2.76. The monoisotopic (exact) mass is 485 g/mol. The average Bonchev–Trinajstić information content (AvgIpc) is 2.77. The number of esters is 2. The van der Waals surface area contributed by atoms with Gasteiger partial charge in [-0.25, -0.2) is 4.79 Å². The Labute approximate surface area is 209 Å². The van der Waals surface area contributed by atoms with Crippen molar-refractivity contribution in [3.05, 3.63) is 41.5 Å². The number of nitriles is 1. The minimum Gasteiger partial charge on any atom is -0.497 e. The summed E-state index contributed by atoms with van der Waals surface area (Å²) in [5.41, 5.74) is -0.552. The van der Waals surface area contributed by atoms with Crippen molar-refractivity contribution < 1.29 is 28.5 Å². The molecule has 1 rings (SSSR count). The Bertz CT molecular complexity index is 988. The second-order valence-corrected chi connectivity index (χ2v) is 10.8. The largest absolute Gasteiger partial charge is 0.497 e. The van der Waals surface area contributed by atoms with Gasteiger partial charge in [0.1, 0.15) is 36.4 Å². The summed E-state index contributed by atoms with van der Waals surface area (Å²) in [6, 6.07) is 7.13. The van der Waals surface area contributed by atoms with Gasteiger partial charge in [0, 0.05) is 5.56 Å². The number of benzene rings is 1. The number of rotatable bonds is 10. The number of allylic oxidation sites excluding steroid dienone is 2. The lowest BCUT2D eigenvalue weighted by molar-refractivity contribution is -0.167. The summed E-state index contributed by atoms with van der Waals surface area (Å²) in [5.74, 6) is 0.141. The number of carbonyl (C=O) groups excluding carboxylic acids is 2. The highest BCUT2D eigenvalue weighted by Crippen LogP contribution is 2.47. The standard InChI is InChI=1S/C28H39NO6/c1-26(2,3)19-28(7,27(4,5)6)25(31)35-16-15-34-24(30)21(18-29)12-10-11-20-17-22(32-8)13-14-23(20)33-9/h10-14,17H,15-16,19H2,1-9H3. The lowest BCUT2D eigenvalue weighted by Gasteiger charge is -2.43. The molecule has 1 aromatic rings. The number of hydrogen-bond donors (Lipinski definition) is 0. The number of ether oxygens (including phenoxy) is 4. The van der Waals surface area contributed by atoms with Gasteiger partial charge in [-0.1, -0.05) is 53.7 Å². The summed E-state index contributed by atoms with van der Waals surface area (Å²) in [6.07, 6.45) is 5.25. The molecule has 1 unspecified atom stereocenters. The van der Waals surface area contributed by atoms with Crippen molar-refractivity contribution in [2.24, 2.45) is 16.2 Å². The van der Waals surface area contributed by atoms with E-state index >= 15 is 0 Å². The Hall–Kier alpha value is -3.27. The highest BCUT2D eigenvalue weighted by atomic mass is 16.6. The van der Waals surface area contributed by atoms with Crippen LogP contribution in [0.15, 0.2) is 35.9 Å². The van der Waals surface area contributed by atoms with Crippen molar-refractivity contribution >= 4 is 18.0 Å². The number of methoxy groups -OCH3 is 2. The van der Waals surface area contributed by atoms with Gasteiger partial charge in [-0.3, -0.25) is 4.79 Å². The van der Waals surface area contributed by atoms with E-state index in [-0.39, 0.29) is 35.6 Å². The molecule has 192 valence electrons. The van der Waals surface area contributed by atoms with Crippen molar-refractivity contribution in [2.45, 2.75) is 54.9 Å². The molecule has 0 aliphatic rings. The predicted octanol–water partition coefficient (Wildman–Crippen LogP) is 5.74. The Morgan fingerprint density at radius 1 is 0.971 bits per heavy atom. The molecule has 35 heavy (non-hydrogen) atoms. The molecule has 0 saturated carbocycles. The fourth-order valence-electron chi connectivity index (χ4n) is 3.58. The molecule has 0 bridgehead atoms. The minimum absolute atomic E-state index is 0.0670. The molecule has 0 radical (unpaired) electrons. The van der Waals surface area contributed by atoms with Crippen LogP contribution in [0.1, 0.15) is 60.5 Å². The van der Waals surface area contributed by atoms with Gasteiger partial charge in [0.15, 0.2) is 0 Å². The summed E-state index contributed by atoms with van der Waals surface area (Å²) in [4.78, 5) is 25.2. The van der Waals surface area contributed by atoms with E-state index in [1.165, 1.54) is 6.08 Å². The van der Waals surface area contributed by atoms with E-state index in [4.69, 9.17) is 18.9 Å². The van der Waals surface area contributed by atoms with Crippen molar-refractivity contribution in [1.82, 2.24) is 0 Å². The van der Waals surface area contributed by atoms with Gasteiger partial charge >= 0.3 is 11.9 Å². The van der Waals surface area contributed by atoms with Crippen LogP contribution in [0.5, 0.6) is 11.5 Å². The molecule has 1 aromatic carbocycles. The third-order valence-electron chi connectivity index (χ3n) is 5.86. The molecule has 0 aromatic heterocycles. The van der Waals surface area contributed by atoms with Crippen LogP contribution in [-0.4, -0.2) is 39.4 Å². The van der Waals surface area contributed by atoms with E-state index in [2.05, 4.69) is 20.8 Å². The Morgan fingerprint density at radius 2 is 1.60 bits per heavy atom. The topological polar surface area (TPSA) is 94.8 Å². The van der Waals surface area contributed by atoms with Gasteiger partial charge in [-0.2, -0.15) is 5.26 Å². The van der Waals surface area contributed by atoms with Crippen LogP contribution in [0.2, 0.25) is 0 Å². The zero-order chi connectivity index (χ0) is 26.9. The van der Waals surface area contributed by atoms with Crippen molar-refractivity contribution in [2.75, 3.05) is 27.4 Å². The van der Waals surface area contributed by atoms with E-state index in [1.54, 1.807) is 44.6 Å². The van der Waals surface area contributed by atoms with Crippen LogP contribution in [0.3, 0.4) is 0 Å². The van der Waals surface area contributed by atoms with E-state index in [9.17, 15) is 14.9 Å². The first-order valence-electron chi connectivity index (χ1n) is 11.5. The van der Waals surface area contributed by atoms with Crippen LogP contribution in [0.4, 0.5) is 0 Å². The molecular formula is C28H39NO6. The normalized spacial score (nSPS) is 14.1. The highest BCUT2D eigenvalue weighted by molar-refractivity contribution is 5.93. The number of carbonyl (C=O) groups is 2. The van der Waals surface area contributed by atoms with Gasteiger partial charge in [-0.05, 0) is 48.4 Å². The first kappa shape index (κ1) is 29.8. The molecule has 0 spiro atoms. The minimum atomic E-state index is -0.793. The summed E-state index contributed by atoms with van der Waals surface area (Å²) < 4.78 is 21.1. The third-order valence-corrected chi connectivity index (χ3v) is 5.86. The quantitative estimate of drug-likeness (QED) is 0.137. The second kappa shape index (κ2) is 12.4. The molecular weight excluding hydrogens is 446 g/mol. The van der Waals surface area contributed by atoms with E-state index in [0.29, 0.717) is 17.9 Å². The van der Waals surface area contributed by atoms with Gasteiger partial charge in [0.25, 0.3) is 0 Å². The van der Waals surface area contributed by atoms with Crippen molar-refractivity contribution in [3.63, 3.8) is 0 Å². The van der Waals surface area contributed by atoms with Crippen LogP contribution in [0.25, 0.3) is 6.08 Å². The van der Waals surface area contributed by atoms with Crippen molar-refractivity contribution in [1.29, 1.82) is 5.26 Å². The fourth-order valence-corrected chi connectivity index (χ4v) is 3.58. The van der Waals surface area contributed by atoms with Crippen LogP contribution in [-0.2, 0) is 19.1 Å². The Morgan fingerprint density at radius 3 is 2.11 bits per heavy atom. The van der Waals surface area contributed by atoms with Crippen molar-refractivity contribution in [3.8, 4) is 17.6 Å². The molecule has 0 saturated heterocycles.